The summed E-state index contributed by atoms with van der Waals surface area (Å²) >= 11 is 0. The lowest BCUT2D eigenvalue weighted by Crippen LogP contribution is -2.50. The zero-order chi connectivity index (χ0) is 14.9. The molecule has 2 rings (SSSR count). The number of anilines is 2. The Bertz CT molecular complexity index is 508. The number of unbranched alkanes of at least 4 members (excludes halogenated alkanes) is 1. The monoisotopic (exact) mass is 274 g/mol. The molecule has 0 aliphatic carbocycles. The standard InChI is InChI=1S/C17H26N2O/c1-6-7-8-19-15-10-13(5)12(4)9-14(15)18-16(11(2)3)17(19)20/h9-11,16,18H,6-8H2,1-5H3. The van der Waals surface area contributed by atoms with Gasteiger partial charge in [-0.25, -0.2) is 0 Å². The molecule has 1 amide bonds. The number of nitrogens with one attached hydrogen (secondary N) is 1. The normalized spacial score (nSPS) is 18.2. The third-order valence-electron chi connectivity index (χ3n) is 4.15. The number of aryl methyl sites for hydroxylation is 2. The second-order valence-electron chi connectivity index (χ2n) is 6.16. The van der Waals surface area contributed by atoms with Crippen molar-refractivity contribution in [3.8, 4) is 0 Å². The summed E-state index contributed by atoms with van der Waals surface area (Å²) in [6, 6.07) is 4.20. The topological polar surface area (TPSA) is 32.3 Å². The highest BCUT2D eigenvalue weighted by Gasteiger charge is 2.34. The number of rotatable bonds is 4. The molecule has 20 heavy (non-hydrogen) atoms. The van der Waals surface area contributed by atoms with Crippen molar-refractivity contribution in [3.05, 3.63) is 23.3 Å². The average molecular weight is 274 g/mol. The first kappa shape index (κ1) is 14.9. The highest BCUT2D eigenvalue weighted by atomic mass is 16.2. The molecule has 1 aromatic carbocycles. The molecule has 1 N–H and O–H groups in total. The molecule has 0 spiro atoms. The molecule has 0 aromatic heterocycles. The molecular weight excluding hydrogens is 248 g/mol. The van der Waals surface area contributed by atoms with Crippen LogP contribution in [-0.4, -0.2) is 18.5 Å². The van der Waals surface area contributed by atoms with E-state index in [4.69, 9.17) is 0 Å². The number of benzene rings is 1. The van der Waals surface area contributed by atoms with Crippen LogP contribution >= 0.6 is 0 Å². The Kier molecular flexibility index (Phi) is 4.36. The summed E-state index contributed by atoms with van der Waals surface area (Å²) in [4.78, 5) is 14.7. The van der Waals surface area contributed by atoms with Gasteiger partial charge in [0.1, 0.15) is 6.04 Å². The zero-order valence-corrected chi connectivity index (χ0v) is 13.3. The molecule has 1 heterocycles. The van der Waals surface area contributed by atoms with Crippen molar-refractivity contribution in [1.29, 1.82) is 0 Å². The number of carbonyl (C=O) groups excluding carboxylic acids is 1. The van der Waals surface area contributed by atoms with Gasteiger partial charge in [-0.15, -0.1) is 0 Å². The fourth-order valence-corrected chi connectivity index (χ4v) is 2.65. The summed E-state index contributed by atoms with van der Waals surface area (Å²) in [5.41, 5.74) is 4.65. The van der Waals surface area contributed by atoms with Gasteiger partial charge in [0.25, 0.3) is 0 Å². The number of carbonyl (C=O) groups is 1. The molecule has 0 bridgehead atoms. The summed E-state index contributed by atoms with van der Waals surface area (Å²) in [6.45, 7) is 11.4. The van der Waals surface area contributed by atoms with E-state index < -0.39 is 0 Å². The Morgan fingerprint density at radius 1 is 1.25 bits per heavy atom. The maximum Gasteiger partial charge on any atom is 0.249 e. The minimum atomic E-state index is -0.110. The number of nitrogens with zero attached hydrogens (tertiary/aromatic N) is 1. The van der Waals surface area contributed by atoms with E-state index in [0.717, 1.165) is 30.8 Å². The number of fused-ring (bicyclic) bond motifs is 1. The van der Waals surface area contributed by atoms with Gasteiger partial charge in [0.15, 0.2) is 0 Å². The second-order valence-corrected chi connectivity index (χ2v) is 6.16. The van der Waals surface area contributed by atoms with E-state index in [9.17, 15) is 4.79 Å². The first-order chi connectivity index (χ1) is 9.45. The predicted molar refractivity (Wildman–Crippen MR) is 85.4 cm³/mol. The lowest BCUT2D eigenvalue weighted by molar-refractivity contribution is -0.120. The number of amides is 1. The molecule has 1 aliphatic rings. The largest absolute Gasteiger partial charge is 0.372 e. The van der Waals surface area contributed by atoms with E-state index in [1.54, 1.807) is 0 Å². The maximum absolute atomic E-state index is 12.7. The highest BCUT2D eigenvalue weighted by Crippen LogP contribution is 2.35. The van der Waals surface area contributed by atoms with E-state index >= 15 is 0 Å². The van der Waals surface area contributed by atoms with Crippen LogP contribution in [0.2, 0.25) is 0 Å². The maximum atomic E-state index is 12.7. The average Bonchev–Trinajstić information content (AvgIpc) is 2.39. The fraction of sp³-hybridized carbons (Fsp3) is 0.588. The summed E-state index contributed by atoms with van der Waals surface area (Å²) in [5, 5.41) is 3.43. The van der Waals surface area contributed by atoms with Gasteiger partial charge >= 0.3 is 0 Å². The predicted octanol–water partition coefficient (Wildman–Crippen LogP) is 3.89. The van der Waals surface area contributed by atoms with Crippen LogP contribution in [0.15, 0.2) is 12.1 Å². The third-order valence-corrected chi connectivity index (χ3v) is 4.15. The van der Waals surface area contributed by atoms with Crippen LogP contribution in [0.3, 0.4) is 0 Å². The first-order valence-corrected chi connectivity index (χ1v) is 7.64. The Labute approximate surface area is 122 Å². The molecule has 0 saturated carbocycles. The fourth-order valence-electron chi connectivity index (χ4n) is 2.65. The van der Waals surface area contributed by atoms with Crippen molar-refractivity contribution in [2.75, 3.05) is 16.8 Å². The van der Waals surface area contributed by atoms with Crippen molar-refractivity contribution in [2.24, 2.45) is 5.92 Å². The third kappa shape index (κ3) is 2.67. The summed E-state index contributed by atoms with van der Waals surface area (Å²) in [7, 11) is 0. The summed E-state index contributed by atoms with van der Waals surface area (Å²) in [6.07, 6.45) is 2.15. The molecule has 110 valence electrons. The Morgan fingerprint density at radius 2 is 1.90 bits per heavy atom. The van der Waals surface area contributed by atoms with Crippen molar-refractivity contribution < 1.29 is 4.79 Å². The van der Waals surface area contributed by atoms with Crippen LogP contribution in [-0.2, 0) is 4.79 Å². The quantitative estimate of drug-likeness (QED) is 0.903. The van der Waals surface area contributed by atoms with Gasteiger partial charge in [-0.2, -0.15) is 0 Å². The van der Waals surface area contributed by atoms with Gasteiger partial charge < -0.3 is 10.2 Å². The molecule has 1 aromatic rings. The van der Waals surface area contributed by atoms with E-state index in [2.05, 4.69) is 52.1 Å². The Balaban J connectivity index is 2.44. The van der Waals surface area contributed by atoms with Crippen LogP contribution in [0.1, 0.15) is 44.7 Å². The van der Waals surface area contributed by atoms with Gasteiger partial charge in [-0.3, -0.25) is 4.79 Å². The zero-order valence-electron chi connectivity index (χ0n) is 13.3. The number of hydrogen-bond acceptors (Lipinski definition) is 2. The van der Waals surface area contributed by atoms with Gasteiger partial charge in [-0.05, 0) is 49.4 Å². The molecule has 1 atom stereocenters. The molecule has 3 heteroatoms. The highest BCUT2D eigenvalue weighted by molar-refractivity contribution is 6.05. The van der Waals surface area contributed by atoms with Gasteiger partial charge in [-0.1, -0.05) is 27.2 Å². The minimum Gasteiger partial charge on any atom is -0.372 e. The molecule has 1 aliphatic heterocycles. The van der Waals surface area contributed by atoms with Crippen LogP contribution in [0, 0.1) is 19.8 Å². The van der Waals surface area contributed by atoms with Crippen molar-refractivity contribution in [3.63, 3.8) is 0 Å². The van der Waals surface area contributed by atoms with E-state index in [1.807, 2.05) is 4.90 Å². The lowest BCUT2D eigenvalue weighted by Gasteiger charge is -2.37. The van der Waals surface area contributed by atoms with E-state index in [0.29, 0.717) is 5.92 Å². The van der Waals surface area contributed by atoms with Crippen molar-refractivity contribution in [2.45, 2.75) is 53.5 Å². The summed E-state index contributed by atoms with van der Waals surface area (Å²) < 4.78 is 0. The molecule has 0 fully saturated rings. The van der Waals surface area contributed by atoms with Crippen LogP contribution in [0.5, 0.6) is 0 Å². The van der Waals surface area contributed by atoms with Crippen molar-refractivity contribution in [1.82, 2.24) is 0 Å². The summed E-state index contributed by atoms with van der Waals surface area (Å²) in [5.74, 6) is 0.505. The SMILES string of the molecule is CCCCN1C(=O)C(C(C)C)Nc2cc(C)c(C)cc21. The van der Waals surface area contributed by atoms with Gasteiger partial charge in [0, 0.05) is 6.54 Å². The lowest BCUT2D eigenvalue weighted by atomic mass is 9.96. The molecular formula is C17H26N2O. The van der Waals surface area contributed by atoms with Gasteiger partial charge in [0.2, 0.25) is 5.91 Å². The second kappa shape index (κ2) is 5.86. The number of hydrogen-bond donors (Lipinski definition) is 1. The van der Waals surface area contributed by atoms with Gasteiger partial charge in [0.05, 0.1) is 11.4 Å². The first-order valence-electron chi connectivity index (χ1n) is 7.64. The Hall–Kier alpha value is -1.51. The van der Waals surface area contributed by atoms with Crippen LogP contribution in [0.25, 0.3) is 0 Å². The molecule has 1 unspecified atom stereocenters. The molecule has 3 nitrogen and oxygen atoms in total. The van der Waals surface area contributed by atoms with Crippen molar-refractivity contribution >= 4 is 17.3 Å². The Morgan fingerprint density at radius 3 is 2.50 bits per heavy atom. The smallest absolute Gasteiger partial charge is 0.249 e. The molecule has 0 radical (unpaired) electrons. The van der Waals surface area contributed by atoms with E-state index in [1.165, 1.54) is 11.1 Å². The van der Waals surface area contributed by atoms with Crippen LogP contribution < -0.4 is 10.2 Å². The van der Waals surface area contributed by atoms with Crippen LogP contribution in [0.4, 0.5) is 11.4 Å². The minimum absolute atomic E-state index is 0.110. The van der Waals surface area contributed by atoms with E-state index in [-0.39, 0.29) is 11.9 Å². The molecule has 0 saturated heterocycles.